The molecule has 0 amide bonds. The van der Waals surface area contributed by atoms with E-state index in [4.69, 9.17) is 4.74 Å². The molecule has 17 heavy (non-hydrogen) atoms. The summed E-state index contributed by atoms with van der Waals surface area (Å²) in [6, 6.07) is 7.00. The third-order valence-corrected chi connectivity index (χ3v) is 3.95. The van der Waals surface area contributed by atoms with Gasteiger partial charge in [-0.2, -0.15) is 0 Å². The van der Waals surface area contributed by atoms with E-state index in [9.17, 15) is 0 Å². The van der Waals surface area contributed by atoms with Crippen LogP contribution in [-0.2, 0) is 6.42 Å². The van der Waals surface area contributed by atoms with Crippen molar-refractivity contribution in [2.75, 3.05) is 7.05 Å². The van der Waals surface area contributed by atoms with Crippen molar-refractivity contribution in [2.45, 2.75) is 51.7 Å². The summed E-state index contributed by atoms with van der Waals surface area (Å²) in [5.41, 5.74) is 2.67. The highest BCUT2D eigenvalue weighted by Crippen LogP contribution is 2.41. The Balaban J connectivity index is 2.40. The van der Waals surface area contributed by atoms with Crippen LogP contribution in [-0.4, -0.2) is 12.6 Å². The molecule has 1 heterocycles. The number of fused-ring (bicyclic) bond motifs is 1. The van der Waals surface area contributed by atoms with Crippen molar-refractivity contribution in [1.82, 2.24) is 5.32 Å². The lowest BCUT2D eigenvalue weighted by molar-refractivity contribution is 0.0455. The topological polar surface area (TPSA) is 21.3 Å². The van der Waals surface area contributed by atoms with E-state index in [1.54, 1.807) is 0 Å². The summed E-state index contributed by atoms with van der Waals surface area (Å²) in [6.07, 6.45) is 3.16. The third kappa shape index (κ3) is 2.32. The summed E-state index contributed by atoms with van der Waals surface area (Å²) in [5.74, 6) is 1.05. The molecule has 0 saturated carbocycles. The number of aryl methyl sites for hydroxylation is 1. The molecule has 0 aromatic heterocycles. The molecule has 1 N–H and O–H groups in total. The summed E-state index contributed by atoms with van der Waals surface area (Å²) < 4.78 is 6.16. The summed E-state index contributed by atoms with van der Waals surface area (Å²) in [7, 11) is 2.04. The fourth-order valence-corrected chi connectivity index (χ4v) is 2.51. The first-order valence-corrected chi connectivity index (χ1v) is 6.61. The standard InChI is InChI=1S/C15H23NO/c1-5-11-7-8-14-12(9-11)13(16-4)10-15(3,6-2)17-14/h7-9,13,16H,5-6,10H2,1-4H3. The molecule has 1 aliphatic heterocycles. The lowest BCUT2D eigenvalue weighted by Gasteiger charge is -2.39. The van der Waals surface area contributed by atoms with Crippen LogP contribution < -0.4 is 10.1 Å². The number of benzene rings is 1. The highest BCUT2D eigenvalue weighted by atomic mass is 16.5. The Hall–Kier alpha value is -1.02. The van der Waals surface area contributed by atoms with Gasteiger partial charge in [0.1, 0.15) is 11.4 Å². The molecular weight excluding hydrogens is 210 g/mol. The van der Waals surface area contributed by atoms with Gasteiger partial charge in [-0.3, -0.25) is 0 Å². The van der Waals surface area contributed by atoms with Gasteiger partial charge in [-0.15, -0.1) is 0 Å². The van der Waals surface area contributed by atoms with E-state index in [1.807, 2.05) is 7.05 Å². The molecule has 1 aromatic rings. The second-order valence-electron chi connectivity index (χ2n) is 5.18. The highest BCUT2D eigenvalue weighted by molar-refractivity contribution is 5.42. The molecule has 0 bridgehead atoms. The number of hydrogen-bond donors (Lipinski definition) is 1. The zero-order chi connectivity index (χ0) is 12.5. The van der Waals surface area contributed by atoms with Gasteiger partial charge in [-0.25, -0.2) is 0 Å². The maximum Gasteiger partial charge on any atom is 0.124 e. The SMILES string of the molecule is CCc1ccc2c(c1)C(NC)CC(C)(CC)O2. The highest BCUT2D eigenvalue weighted by Gasteiger charge is 2.35. The smallest absolute Gasteiger partial charge is 0.124 e. The van der Waals surface area contributed by atoms with E-state index in [1.165, 1.54) is 11.1 Å². The molecule has 2 rings (SSSR count). The largest absolute Gasteiger partial charge is 0.487 e. The lowest BCUT2D eigenvalue weighted by Crippen LogP contribution is -2.40. The van der Waals surface area contributed by atoms with Crippen LogP contribution >= 0.6 is 0 Å². The van der Waals surface area contributed by atoms with Crippen LogP contribution in [0, 0.1) is 0 Å². The van der Waals surface area contributed by atoms with E-state index >= 15 is 0 Å². The quantitative estimate of drug-likeness (QED) is 0.863. The van der Waals surface area contributed by atoms with Gasteiger partial charge in [0.25, 0.3) is 0 Å². The molecule has 2 atom stereocenters. The van der Waals surface area contributed by atoms with Crippen LogP contribution in [0.4, 0.5) is 0 Å². The summed E-state index contributed by atoms with van der Waals surface area (Å²) in [5, 5.41) is 3.42. The first-order valence-electron chi connectivity index (χ1n) is 6.61. The van der Waals surface area contributed by atoms with E-state index in [0.29, 0.717) is 6.04 Å². The zero-order valence-corrected chi connectivity index (χ0v) is 11.3. The molecular formula is C15H23NO. The minimum absolute atomic E-state index is 0.0333. The molecule has 1 aliphatic rings. The van der Waals surface area contributed by atoms with Crippen LogP contribution in [0.1, 0.15) is 50.8 Å². The number of ether oxygens (including phenoxy) is 1. The van der Waals surface area contributed by atoms with Gasteiger partial charge >= 0.3 is 0 Å². The fraction of sp³-hybridized carbons (Fsp3) is 0.600. The first kappa shape index (κ1) is 12.4. The molecule has 0 saturated heterocycles. The monoisotopic (exact) mass is 233 g/mol. The van der Waals surface area contributed by atoms with E-state index in [0.717, 1.165) is 25.0 Å². The van der Waals surface area contributed by atoms with Gasteiger partial charge in [-0.1, -0.05) is 26.0 Å². The summed E-state index contributed by atoms with van der Waals surface area (Å²) in [6.45, 7) is 6.59. The molecule has 1 aromatic carbocycles. The predicted molar refractivity (Wildman–Crippen MR) is 71.6 cm³/mol. The van der Waals surface area contributed by atoms with Crippen molar-refractivity contribution < 1.29 is 4.74 Å². The van der Waals surface area contributed by atoms with Gasteiger partial charge in [0.2, 0.25) is 0 Å². The van der Waals surface area contributed by atoms with Gasteiger partial charge in [-0.05, 0) is 38.4 Å². The Labute approximate surface area is 104 Å². The molecule has 0 radical (unpaired) electrons. The van der Waals surface area contributed by atoms with Gasteiger partial charge < -0.3 is 10.1 Å². The van der Waals surface area contributed by atoms with Gasteiger partial charge in [0, 0.05) is 18.0 Å². The normalized spacial score (nSPS) is 27.4. The van der Waals surface area contributed by atoms with Crippen LogP contribution in [0.25, 0.3) is 0 Å². The molecule has 0 spiro atoms. The van der Waals surface area contributed by atoms with Crippen molar-refractivity contribution in [3.05, 3.63) is 29.3 Å². The summed E-state index contributed by atoms with van der Waals surface area (Å²) >= 11 is 0. The molecule has 0 fully saturated rings. The van der Waals surface area contributed by atoms with Crippen LogP contribution in [0.15, 0.2) is 18.2 Å². The van der Waals surface area contributed by atoms with E-state index < -0.39 is 0 Å². The molecule has 94 valence electrons. The Morgan fingerprint density at radius 2 is 2.18 bits per heavy atom. The number of rotatable bonds is 3. The van der Waals surface area contributed by atoms with Gasteiger partial charge in [0.05, 0.1) is 0 Å². The zero-order valence-electron chi connectivity index (χ0n) is 11.3. The molecule has 2 unspecified atom stereocenters. The maximum atomic E-state index is 6.16. The number of hydrogen-bond acceptors (Lipinski definition) is 2. The summed E-state index contributed by atoms with van der Waals surface area (Å²) in [4.78, 5) is 0. The van der Waals surface area contributed by atoms with Crippen molar-refractivity contribution in [3.8, 4) is 5.75 Å². The van der Waals surface area contributed by atoms with Crippen molar-refractivity contribution in [2.24, 2.45) is 0 Å². The molecule has 0 aliphatic carbocycles. The van der Waals surface area contributed by atoms with E-state index in [-0.39, 0.29) is 5.60 Å². The first-order chi connectivity index (χ1) is 8.11. The Morgan fingerprint density at radius 1 is 1.41 bits per heavy atom. The van der Waals surface area contributed by atoms with Crippen molar-refractivity contribution in [3.63, 3.8) is 0 Å². The van der Waals surface area contributed by atoms with Crippen molar-refractivity contribution in [1.29, 1.82) is 0 Å². The molecule has 2 nitrogen and oxygen atoms in total. The van der Waals surface area contributed by atoms with Crippen LogP contribution in [0.5, 0.6) is 5.75 Å². The average Bonchev–Trinajstić information content (AvgIpc) is 2.37. The second-order valence-corrected chi connectivity index (χ2v) is 5.18. The Bertz CT molecular complexity index is 402. The van der Waals surface area contributed by atoms with Gasteiger partial charge in [0.15, 0.2) is 0 Å². The number of nitrogens with one attached hydrogen (secondary N) is 1. The Morgan fingerprint density at radius 3 is 2.76 bits per heavy atom. The third-order valence-electron chi connectivity index (χ3n) is 3.95. The van der Waals surface area contributed by atoms with Crippen molar-refractivity contribution >= 4 is 0 Å². The van der Waals surface area contributed by atoms with E-state index in [2.05, 4.69) is 44.3 Å². The molecule has 2 heteroatoms. The fourth-order valence-electron chi connectivity index (χ4n) is 2.51. The predicted octanol–water partition coefficient (Wildman–Crippen LogP) is 3.46. The van der Waals surface area contributed by atoms with Crippen LogP contribution in [0.3, 0.4) is 0 Å². The minimum Gasteiger partial charge on any atom is -0.487 e. The second kappa shape index (κ2) is 4.69. The Kier molecular flexibility index (Phi) is 3.43. The minimum atomic E-state index is -0.0333. The maximum absolute atomic E-state index is 6.16. The average molecular weight is 233 g/mol. The lowest BCUT2D eigenvalue weighted by atomic mass is 9.86. The van der Waals surface area contributed by atoms with Crippen LogP contribution in [0.2, 0.25) is 0 Å².